The highest BCUT2D eigenvalue weighted by Crippen LogP contribution is 2.31. The SMILES string of the molecule is CC(C)COc1cc2c([nH]c3ccc(S(=O)(=O)NCCc4ccccc4)cc32)c(C(N)=O)n1. The van der Waals surface area contributed by atoms with Gasteiger partial charge in [-0.1, -0.05) is 44.2 Å². The zero-order valence-electron chi connectivity index (χ0n) is 18.5. The molecule has 172 valence electrons. The Morgan fingerprint density at radius 2 is 1.88 bits per heavy atom. The van der Waals surface area contributed by atoms with Crippen LogP contribution in [0.3, 0.4) is 0 Å². The van der Waals surface area contributed by atoms with Crippen molar-refractivity contribution < 1.29 is 17.9 Å². The van der Waals surface area contributed by atoms with E-state index < -0.39 is 15.9 Å². The number of primary amides is 1. The first kappa shape index (κ1) is 22.8. The number of nitrogens with one attached hydrogen (secondary N) is 2. The van der Waals surface area contributed by atoms with Gasteiger partial charge in [0.05, 0.1) is 17.0 Å². The van der Waals surface area contributed by atoms with Crippen LogP contribution in [0, 0.1) is 5.92 Å². The number of hydrogen-bond donors (Lipinski definition) is 3. The summed E-state index contributed by atoms with van der Waals surface area (Å²) in [6.07, 6.45) is 0.583. The standard InChI is InChI=1S/C24H26N4O4S/c1-15(2)14-32-21-13-19-18-12-17(8-9-20(18)27-22(19)23(28-21)24(25)29)33(30,31)26-11-10-16-6-4-3-5-7-16/h3-9,12-13,15,26-27H,10-11,14H2,1-2H3,(H2,25,29). The molecule has 4 aromatic rings. The Balaban J connectivity index is 1.69. The first-order valence-corrected chi connectivity index (χ1v) is 12.2. The van der Waals surface area contributed by atoms with E-state index in [1.54, 1.807) is 18.2 Å². The molecule has 4 N–H and O–H groups in total. The van der Waals surface area contributed by atoms with E-state index in [4.69, 9.17) is 10.5 Å². The highest BCUT2D eigenvalue weighted by Gasteiger charge is 2.19. The largest absolute Gasteiger partial charge is 0.477 e. The highest BCUT2D eigenvalue weighted by atomic mass is 32.2. The molecule has 1 amide bonds. The fourth-order valence-electron chi connectivity index (χ4n) is 3.58. The van der Waals surface area contributed by atoms with Gasteiger partial charge in [-0.05, 0) is 36.1 Å². The van der Waals surface area contributed by atoms with E-state index in [2.05, 4.69) is 14.7 Å². The van der Waals surface area contributed by atoms with Crippen molar-refractivity contribution in [1.29, 1.82) is 0 Å². The molecule has 0 radical (unpaired) electrons. The van der Waals surface area contributed by atoms with Crippen LogP contribution in [0.1, 0.15) is 29.9 Å². The van der Waals surface area contributed by atoms with Gasteiger partial charge in [-0.25, -0.2) is 18.1 Å². The van der Waals surface area contributed by atoms with Crippen molar-refractivity contribution in [3.63, 3.8) is 0 Å². The lowest BCUT2D eigenvalue weighted by Gasteiger charge is -2.09. The molecule has 2 aromatic heterocycles. The third-order valence-corrected chi connectivity index (χ3v) is 6.65. The number of carbonyl (C=O) groups excluding carboxylic acids is 1. The summed E-state index contributed by atoms with van der Waals surface area (Å²) in [5.41, 5.74) is 7.75. The van der Waals surface area contributed by atoms with Crippen molar-refractivity contribution >= 4 is 37.7 Å². The van der Waals surface area contributed by atoms with E-state index in [0.29, 0.717) is 34.8 Å². The van der Waals surface area contributed by atoms with Gasteiger partial charge < -0.3 is 15.5 Å². The molecule has 8 nitrogen and oxygen atoms in total. The lowest BCUT2D eigenvalue weighted by molar-refractivity contribution is 0.0996. The molecule has 0 bridgehead atoms. The second-order valence-electron chi connectivity index (χ2n) is 8.27. The molecular formula is C24H26N4O4S. The lowest BCUT2D eigenvalue weighted by Crippen LogP contribution is -2.25. The lowest BCUT2D eigenvalue weighted by atomic mass is 10.1. The maximum Gasteiger partial charge on any atom is 0.269 e. The van der Waals surface area contributed by atoms with Gasteiger partial charge in [-0.2, -0.15) is 0 Å². The molecule has 0 aliphatic carbocycles. The normalized spacial score (nSPS) is 12.0. The Morgan fingerprint density at radius 1 is 1.12 bits per heavy atom. The third kappa shape index (κ3) is 4.99. The second-order valence-corrected chi connectivity index (χ2v) is 10.0. The topological polar surface area (TPSA) is 127 Å². The second kappa shape index (κ2) is 9.21. The summed E-state index contributed by atoms with van der Waals surface area (Å²) in [6, 6.07) is 16.1. The number of H-pyrrole nitrogens is 1. The van der Waals surface area contributed by atoms with Crippen molar-refractivity contribution in [2.75, 3.05) is 13.2 Å². The summed E-state index contributed by atoms with van der Waals surface area (Å²) < 4.78 is 34.2. The Morgan fingerprint density at radius 3 is 2.58 bits per heavy atom. The number of aromatic nitrogens is 2. The Kier molecular flexibility index (Phi) is 6.35. The van der Waals surface area contributed by atoms with E-state index in [9.17, 15) is 13.2 Å². The number of carbonyl (C=O) groups is 1. The number of benzene rings is 2. The van der Waals surface area contributed by atoms with Crippen LogP contribution in [0.15, 0.2) is 59.5 Å². The number of fused-ring (bicyclic) bond motifs is 3. The zero-order valence-corrected chi connectivity index (χ0v) is 19.3. The number of nitrogens with two attached hydrogens (primary N) is 1. The monoisotopic (exact) mass is 466 g/mol. The molecule has 9 heteroatoms. The van der Waals surface area contributed by atoms with E-state index in [1.807, 2.05) is 44.2 Å². The molecule has 2 aromatic carbocycles. The minimum Gasteiger partial charge on any atom is -0.477 e. The number of amides is 1. The number of aromatic amines is 1. The molecule has 0 saturated heterocycles. The number of sulfonamides is 1. The van der Waals surface area contributed by atoms with Gasteiger partial charge in [0.2, 0.25) is 15.9 Å². The number of nitrogens with zero attached hydrogens (tertiary/aromatic N) is 1. The van der Waals surface area contributed by atoms with Crippen molar-refractivity contribution in [1.82, 2.24) is 14.7 Å². The van der Waals surface area contributed by atoms with Crippen LogP contribution in [-0.2, 0) is 16.4 Å². The van der Waals surface area contributed by atoms with Crippen LogP contribution in [0.4, 0.5) is 0 Å². The van der Waals surface area contributed by atoms with Gasteiger partial charge in [0.1, 0.15) is 0 Å². The molecule has 0 unspecified atom stereocenters. The summed E-state index contributed by atoms with van der Waals surface area (Å²) in [7, 11) is -3.73. The quantitative estimate of drug-likeness (QED) is 0.348. The molecular weight excluding hydrogens is 440 g/mol. The molecule has 0 saturated carbocycles. The fraction of sp³-hybridized carbons (Fsp3) is 0.250. The van der Waals surface area contributed by atoms with E-state index in [0.717, 1.165) is 5.56 Å². The number of pyridine rings is 1. The van der Waals surface area contributed by atoms with Crippen LogP contribution in [0.5, 0.6) is 5.88 Å². The van der Waals surface area contributed by atoms with Crippen LogP contribution < -0.4 is 15.2 Å². The van der Waals surface area contributed by atoms with Gasteiger partial charge in [-0.15, -0.1) is 0 Å². The summed E-state index contributed by atoms with van der Waals surface area (Å²) in [5, 5.41) is 1.25. The molecule has 0 spiro atoms. The minimum absolute atomic E-state index is 0.0489. The predicted molar refractivity (Wildman–Crippen MR) is 128 cm³/mol. The molecule has 33 heavy (non-hydrogen) atoms. The highest BCUT2D eigenvalue weighted by molar-refractivity contribution is 7.89. The minimum atomic E-state index is -3.73. The number of ether oxygens (including phenoxy) is 1. The molecule has 0 fully saturated rings. The predicted octanol–water partition coefficient (Wildman–Crippen LogP) is 3.37. The molecule has 0 aliphatic heterocycles. The first-order chi connectivity index (χ1) is 15.7. The molecule has 0 atom stereocenters. The van der Waals surface area contributed by atoms with Gasteiger partial charge in [-0.3, -0.25) is 4.79 Å². The van der Waals surface area contributed by atoms with Gasteiger partial charge in [0, 0.05) is 28.9 Å². The summed E-state index contributed by atoms with van der Waals surface area (Å²) in [6.45, 7) is 4.70. The fourth-order valence-corrected chi connectivity index (χ4v) is 4.64. The van der Waals surface area contributed by atoms with Crippen LogP contribution in [0.2, 0.25) is 0 Å². The molecule has 4 rings (SSSR count). The Bertz CT molecular complexity index is 1410. The first-order valence-electron chi connectivity index (χ1n) is 10.7. The molecule has 2 heterocycles. The van der Waals surface area contributed by atoms with E-state index in [1.165, 1.54) is 6.07 Å². The number of rotatable bonds is 9. The smallest absolute Gasteiger partial charge is 0.269 e. The Hall–Kier alpha value is -3.43. The van der Waals surface area contributed by atoms with Crippen LogP contribution in [-0.4, -0.2) is 37.4 Å². The van der Waals surface area contributed by atoms with Crippen molar-refractivity contribution in [2.45, 2.75) is 25.2 Å². The van der Waals surface area contributed by atoms with Crippen LogP contribution >= 0.6 is 0 Å². The molecule has 0 aliphatic rings. The van der Waals surface area contributed by atoms with E-state index in [-0.39, 0.29) is 28.9 Å². The average Bonchev–Trinajstić information content (AvgIpc) is 3.15. The van der Waals surface area contributed by atoms with Crippen molar-refractivity contribution in [3.8, 4) is 5.88 Å². The average molecular weight is 467 g/mol. The Labute approximate surface area is 192 Å². The number of hydrogen-bond acceptors (Lipinski definition) is 5. The van der Waals surface area contributed by atoms with Crippen molar-refractivity contribution in [3.05, 3.63) is 65.9 Å². The third-order valence-electron chi connectivity index (χ3n) is 5.19. The van der Waals surface area contributed by atoms with Gasteiger partial charge >= 0.3 is 0 Å². The zero-order chi connectivity index (χ0) is 23.6. The summed E-state index contributed by atoms with van der Waals surface area (Å²) in [4.78, 5) is 19.5. The van der Waals surface area contributed by atoms with Crippen molar-refractivity contribution in [2.24, 2.45) is 11.7 Å². The maximum absolute atomic E-state index is 12.9. The maximum atomic E-state index is 12.9. The summed E-state index contributed by atoms with van der Waals surface area (Å²) in [5.74, 6) is -0.168. The summed E-state index contributed by atoms with van der Waals surface area (Å²) >= 11 is 0. The van der Waals surface area contributed by atoms with E-state index >= 15 is 0 Å². The van der Waals surface area contributed by atoms with Crippen LogP contribution in [0.25, 0.3) is 21.8 Å². The van der Waals surface area contributed by atoms with Gasteiger partial charge in [0.25, 0.3) is 5.91 Å². The van der Waals surface area contributed by atoms with Gasteiger partial charge in [0.15, 0.2) is 5.69 Å².